The molecule has 0 bridgehead atoms. The topological polar surface area (TPSA) is 83.7 Å². The van der Waals surface area contributed by atoms with Gasteiger partial charge in [0, 0.05) is 0 Å². The zero-order valence-electron chi connectivity index (χ0n) is 13.9. The Hall–Kier alpha value is -3.59. The van der Waals surface area contributed by atoms with E-state index in [0.717, 1.165) is 11.3 Å². The Kier molecular flexibility index (Phi) is 6.32. The lowest BCUT2D eigenvalue weighted by atomic mass is 10.1. The molecule has 0 spiro atoms. The largest absolute Gasteiger partial charge is 0.497 e. The van der Waals surface area contributed by atoms with Gasteiger partial charge in [0.05, 0.1) is 20.4 Å². The Morgan fingerprint density at radius 2 is 1.52 bits per heavy atom. The zero-order valence-corrected chi connectivity index (χ0v) is 13.9. The Balaban J connectivity index is 2.02. The molecule has 0 atom stereocenters. The van der Waals surface area contributed by atoms with Gasteiger partial charge in [-0.3, -0.25) is 4.79 Å². The van der Waals surface area contributed by atoms with Crippen LogP contribution in [0.15, 0.2) is 59.2 Å². The Bertz CT molecular complexity index is 816. The van der Waals surface area contributed by atoms with Crippen molar-refractivity contribution >= 4 is 18.2 Å². The summed E-state index contributed by atoms with van der Waals surface area (Å²) in [6.07, 6.45) is 2.97. The molecule has 1 N–H and O–H groups in total. The van der Waals surface area contributed by atoms with Crippen LogP contribution in [0.4, 0.5) is 0 Å². The SMILES string of the molecule is COc1ccc(/C=N\NC(=O)/C(C#N)=C/c2ccc(OC)cc2)cc1. The van der Waals surface area contributed by atoms with Crippen LogP contribution in [0.25, 0.3) is 6.08 Å². The number of nitriles is 1. The molecular weight excluding hydrogens is 318 g/mol. The Morgan fingerprint density at radius 3 is 2.00 bits per heavy atom. The lowest BCUT2D eigenvalue weighted by molar-refractivity contribution is -0.117. The number of methoxy groups -OCH3 is 2. The van der Waals surface area contributed by atoms with Gasteiger partial charge in [-0.1, -0.05) is 12.1 Å². The van der Waals surface area contributed by atoms with Crippen LogP contribution in [0.1, 0.15) is 11.1 Å². The summed E-state index contributed by atoms with van der Waals surface area (Å²) >= 11 is 0. The third-order valence-corrected chi connectivity index (χ3v) is 3.29. The van der Waals surface area contributed by atoms with Gasteiger partial charge in [0.15, 0.2) is 0 Å². The second-order valence-corrected chi connectivity index (χ2v) is 4.92. The number of hydrazone groups is 1. The average Bonchev–Trinajstić information content (AvgIpc) is 2.67. The first kappa shape index (κ1) is 17.8. The minimum atomic E-state index is -0.580. The van der Waals surface area contributed by atoms with Crippen molar-refractivity contribution in [1.82, 2.24) is 5.43 Å². The van der Waals surface area contributed by atoms with Gasteiger partial charge in [0.2, 0.25) is 0 Å². The van der Waals surface area contributed by atoms with Crippen LogP contribution in [0.5, 0.6) is 11.5 Å². The second kappa shape index (κ2) is 8.89. The van der Waals surface area contributed by atoms with Crippen molar-refractivity contribution in [2.45, 2.75) is 0 Å². The summed E-state index contributed by atoms with van der Waals surface area (Å²) in [5, 5.41) is 13.0. The maximum absolute atomic E-state index is 12.0. The number of hydrogen-bond donors (Lipinski definition) is 1. The lowest BCUT2D eigenvalue weighted by Gasteiger charge is -2.01. The van der Waals surface area contributed by atoms with Gasteiger partial charge in [-0.25, -0.2) is 5.43 Å². The number of amides is 1. The third-order valence-electron chi connectivity index (χ3n) is 3.29. The van der Waals surface area contributed by atoms with E-state index in [4.69, 9.17) is 14.7 Å². The van der Waals surface area contributed by atoms with E-state index >= 15 is 0 Å². The quantitative estimate of drug-likeness (QED) is 0.381. The summed E-state index contributed by atoms with van der Waals surface area (Å²) in [4.78, 5) is 12.0. The van der Waals surface area contributed by atoms with Gasteiger partial charge >= 0.3 is 0 Å². The molecule has 0 heterocycles. The number of benzene rings is 2. The summed E-state index contributed by atoms with van der Waals surface area (Å²) in [6.45, 7) is 0. The summed E-state index contributed by atoms with van der Waals surface area (Å²) in [7, 11) is 3.15. The molecule has 0 aliphatic rings. The predicted octanol–water partition coefficient (Wildman–Crippen LogP) is 2.76. The average molecular weight is 335 g/mol. The van der Waals surface area contributed by atoms with E-state index in [0.29, 0.717) is 11.3 Å². The zero-order chi connectivity index (χ0) is 18.1. The van der Waals surface area contributed by atoms with Gasteiger partial charge in [-0.05, 0) is 53.6 Å². The number of ether oxygens (including phenoxy) is 2. The smallest absolute Gasteiger partial charge is 0.282 e. The highest BCUT2D eigenvalue weighted by Gasteiger charge is 2.07. The Morgan fingerprint density at radius 1 is 1.00 bits per heavy atom. The van der Waals surface area contributed by atoms with Crippen LogP contribution in [0.2, 0.25) is 0 Å². The molecule has 0 aromatic heterocycles. The molecule has 0 saturated carbocycles. The molecule has 2 aromatic carbocycles. The minimum Gasteiger partial charge on any atom is -0.497 e. The molecule has 0 fully saturated rings. The van der Waals surface area contributed by atoms with E-state index in [9.17, 15) is 4.79 Å². The van der Waals surface area contributed by atoms with Gasteiger partial charge in [-0.15, -0.1) is 0 Å². The highest BCUT2D eigenvalue weighted by atomic mass is 16.5. The third kappa shape index (κ3) is 5.22. The highest BCUT2D eigenvalue weighted by Crippen LogP contribution is 2.14. The van der Waals surface area contributed by atoms with Gasteiger partial charge in [-0.2, -0.15) is 10.4 Å². The molecular formula is C19H17N3O3. The van der Waals surface area contributed by atoms with E-state index in [1.807, 2.05) is 6.07 Å². The number of carbonyl (C=O) groups is 1. The van der Waals surface area contributed by atoms with Crippen LogP contribution in [0.3, 0.4) is 0 Å². The predicted molar refractivity (Wildman–Crippen MR) is 95.3 cm³/mol. The van der Waals surface area contributed by atoms with Crippen molar-refractivity contribution in [3.8, 4) is 17.6 Å². The van der Waals surface area contributed by atoms with Crippen LogP contribution < -0.4 is 14.9 Å². The van der Waals surface area contributed by atoms with Crippen LogP contribution in [-0.4, -0.2) is 26.3 Å². The molecule has 1 amide bonds. The van der Waals surface area contributed by atoms with E-state index in [-0.39, 0.29) is 5.57 Å². The molecule has 0 radical (unpaired) electrons. The first-order valence-electron chi connectivity index (χ1n) is 7.39. The standard InChI is InChI=1S/C19H17N3O3/c1-24-17-7-3-14(4-8-17)11-16(12-20)19(23)22-21-13-15-5-9-18(25-2)10-6-15/h3-11,13H,1-2H3,(H,22,23)/b16-11+,21-13-. The molecule has 6 heteroatoms. The lowest BCUT2D eigenvalue weighted by Crippen LogP contribution is -2.19. The van der Waals surface area contributed by atoms with E-state index < -0.39 is 5.91 Å². The molecule has 0 aliphatic heterocycles. The summed E-state index contributed by atoms with van der Waals surface area (Å²) in [6, 6.07) is 16.0. The number of nitrogens with one attached hydrogen (secondary N) is 1. The summed E-state index contributed by atoms with van der Waals surface area (Å²) < 4.78 is 10.1. The van der Waals surface area contributed by atoms with Crippen LogP contribution >= 0.6 is 0 Å². The fourth-order valence-corrected chi connectivity index (χ4v) is 1.93. The summed E-state index contributed by atoms with van der Waals surface area (Å²) in [5.41, 5.74) is 3.80. The maximum atomic E-state index is 12.0. The van der Waals surface area contributed by atoms with Gasteiger partial charge in [0.1, 0.15) is 23.1 Å². The molecule has 25 heavy (non-hydrogen) atoms. The van der Waals surface area contributed by atoms with E-state index in [2.05, 4.69) is 10.5 Å². The number of rotatable bonds is 6. The minimum absolute atomic E-state index is 0.0444. The molecule has 0 saturated heterocycles. The van der Waals surface area contributed by atoms with Crippen molar-refractivity contribution in [3.05, 3.63) is 65.2 Å². The van der Waals surface area contributed by atoms with Gasteiger partial charge in [0.25, 0.3) is 5.91 Å². The fourth-order valence-electron chi connectivity index (χ4n) is 1.93. The number of hydrogen-bond acceptors (Lipinski definition) is 5. The fraction of sp³-hybridized carbons (Fsp3) is 0.105. The normalized spacial score (nSPS) is 11.0. The van der Waals surface area contributed by atoms with E-state index in [1.165, 1.54) is 12.3 Å². The van der Waals surface area contributed by atoms with Gasteiger partial charge < -0.3 is 9.47 Å². The molecule has 0 aliphatic carbocycles. The van der Waals surface area contributed by atoms with Crippen molar-refractivity contribution in [1.29, 1.82) is 5.26 Å². The molecule has 0 unspecified atom stereocenters. The van der Waals surface area contributed by atoms with Crippen molar-refractivity contribution in [2.75, 3.05) is 14.2 Å². The first-order valence-corrected chi connectivity index (χ1v) is 7.39. The molecule has 126 valence electrons. The monoisotopic (exact) mass is 335 g/mol. The molecule has 2 rings (SSSR count). The molecule has 2 aromatic rings. The van der Waals surface area contributed by atoms with Crippen molar-refractivity contribution < 1.29 is 14.3 Å². The van der Waals surface area contributed by atoms with Crippen LogP contribution in [0, 0.1) is 11.3 Å². The summed E-state index contributed by atoms with van der Waals surface area (Å²) in [5.74, 6) is 0.850. The first-order chi connectivity index (χ1) is 12.2. The Labute approximate surface area is 146 Å². The number of nitrogens with zero attached hydrogens (tertiary/aromatic N) is 2. The van der Waals surface area contributed by atoms with Crippen molar-refractivity contribution in [3.63, 3.8) is 0 Å². The van der Waals surface area contributed by atoms with E-state index in [1.54, 1.807) is 62.8 Å². The number of carbonyl (C=O) groups excluding carboxylic acids is 1. The van der Waals surface area contributed by atoms with Crippen molar-refractivity contribution in [2.24, 2.45) is 5.10 Å². The second-order valence-electron chi connectivity index (χ2n) is 4.92. The molecule has 6 nitrogen and oxygen atoms in total. The highest BCUT2D eigenvalue weighted by molar-refractivity contribution is 6.02. The van der Waals surface area contributed by atoms with Crippen LogP contribution in [-0.2, 0) is 4.79 Å². The maximum Gasteiger partial charge on any atom is 0.282 e.